The van der Waals surface area contributed by atoms with Crippen molar-refractivity contribution < 1.29 is 13.7 Å². The van der Waals surface area contributed by atoms with Crippen LogP contribution in [0, 0.1) is 24.0 Å². The van der Waals surface area contributed by atoms with Gasteiger partial charge in [-0.1, -0.05) is 30.3 Å². The molecule has 1 aliphatic rings. The number of halogens is 2. The third-order valence-corrected chi connectivity index (χ3v) is 4.45. The second kappa shape index (κ2) is 4.60. The van der Waals surface area contributed by atoms with Crippen LogP contribution in [-0.2, 0) is 5.41 Å². The number of hydrogen-bond donors (Lipinski definition) is 0. The van der Waals surface area contributed by atoms with E-state index in [1.807, 2.05) is 0 Å². The van der Waals surface area contributed by atoms with Gasteiger partial charge in [-0.2, -0.15) is 0 Å². The average Bonchev–Trinajstić information content (AvgIpc) is 3.05. The van der Waals surface area contributed by atoms with Gasteiger partial charge in [-0.15, -0.1) is 0 Å². The van der Waals surface area contributed by atoms with Gasteiger partial charge in [0.25, 0.3) is 11.6 Å². The van der Waals surface area contributed by atoms with E-state index >= 15 is 0 Å². The standard InChI is InChI=1S/C17H15F2NO2/c1-11-9-15(20(21)22)12(2)8-14(11)16(10-17(16,18)19)13-6-4-3-5-7-13/h3-9H,10H2,1-2H3. The minimum atomic E-state index is -2.83. The average molecular weight is 303 g/mol. The van der Waals surface area contributed by atoms with Gasteiger partial charge in [-0.3, -0.25) is 10.1 Å². The zero-order chi connectivity index (χ0) is 16.1. The molecule has 1 fully saturated rings. The van der Waals surface area contributed by atoms with Crippen molar-refractivity contribution in [1.82, 2.24) is 0 Å². The minimum absolute atomic E-state index is 0.0339. The Morgan fingerprint density at radius 1 is 1.09 bits per heavy atom. The Balaban J connectivity index is 2.21. The highest BCUT2D eigenvalue weighted by molar-refractivity contribution is 5.57. The van der Waals surface area contributed by atoms with E-state index in [0.717, 1.165) is 0 Å². The quantitative estimate of drug-likeness (QED) is 0.617. The van der Waals surface area contributed by atoms with Crippen molar-refractivity contribution >= 4 is 5.69 Å². The van der Waals surface area contributed by atoms with Crippen LogP contribution < -0.4 is 0 Å². The number of aryl methyl sites for hydroxylation is 2. The molecule has 1 aliphatic carbocycles. The number of nitro groups is 1. The lowest BCUT2D eigenvalue weighted by molar-refractivity contribution is -0.385. The highest BCUT2D eigenvalue weighted by atomic mass is 19.3. The first-order valence-electron chi connectivity index (χ1n) is 6.99. The number of hydrogen-bond acceptors (Lipinski definition) is 2. The van der Waals surface area contributed by atoms with Gasteiger partial charge in [0.2, 0.25) is 0 Å². The summed E-state index contributed by atoms with van der Waals surface area (Å²) in [6.07, 6.45) is -0.262. The molecular formula is C17H15F2NO2. The van der Waals surface area contributed by atoms with Gasteiger partial charge in [0.1, 0.15) is 0 Å². The molecule has 1 unspecified atom stereocenters. The molecule has 0 aliphatic heterocycles. The number of rotatable bonds is 3. The molecule has 0 aromatic heterocycles. The van der Waals surface area contributed by atoms with Gasteiger partial charge >= 0.3 is 0 Å². The lowest BCUT2D eigenvalue weighted by Gasteiger charge is -2.20. The Labute approximate surface area is 126 Å². The van der Waals surface area contributed by atoms with Crippen LogP contribution >= 0.6 is 0 Å². The molecule has 0 radical (unpaired) electrons. The maximum absolute atomic E-state index is 14.3. The Bertz CT molecular complexity index is 759. The molecular weight excluding hydrogens is 288 g/mol. The summed E-state index contributed by atoms with van der Waals surface area (Å²) in [5, 5.41) is 11.0. The van der Waals surface area contributed by atoms with Crippen molar-refractivity contribution in [3.05, 3.63) is 74.8 Å². The normalized spacial score (nSPS) is 22.4. The molecule has 0 saturated heterocycles. The highest BCUT2D eigenvalue weighted by Gasteiger charge is 2.73. The van der Waals surface area contributed by atoms with Crippen molar-refractivity contribution in [1.29, 1.82) is 0 Å². The lowest BCUT2D eigenvalue weighted by atomic mass is 9.83. The second-order valence-corrected chi connectivity index (χ2v) is 5.86. The van der Waals surface area contributed by atoms with Gasteiger partial charge in [-0.25, -0.2) is 8.78 Å². The molecule has 3 nitrogen and oxygen atoms in total. The van der Waals surface area contributed by atoms with E-state index in [4.69, 9.17) is 0 Å². The van der Waals surface area contributed by atoms with Gasteiger partial charge in [0.05, 0.1) is 10.3 Å². The fraction of sp³-hybridized carbons (Fsp3) is 0.294. The Hall–Kier alpha value is -2.30. The molecule has 2 aromatic carbocycles. The fourth-order valence-electron chi connectivity index (χ4n) is 3.23. The minimum Gasteiger partial charge on any atom is -0.258 e. The molecule has 0 N–H and O–H groups in total. The Kier molecular flexibility index (Phi) is 3.06. The van der Waals surface area contributed by atoms with Crippen molar-refractivity contribution in [3.63, 3.8) is 0 Å². The fourth-order valence-corrected chi connectivity index (χ4v) is 3.23. The van der Waals surface area contributed by atoms with E-state index in [0.29, 0.717) is 22.3 Å². The van der Waals surface area contributed by atoms with Crippen molar-refractivity contribution in [2.24, 2.45) is 0 Å². The number of benzene rings is 2. The van der Waals surface area contributed by atoms with E-state index in [1.165, 1.54) is 6.07 Å². The molecule has 0 heterocycles. The molecule has 22 heavy (non-hydrogen) atoms. The molecule has 0 amide bonds. The van der Waals surface area contributed by atoms with Crippen LogP contribution in [0.1, 0.15) is 28.7 Å². The van der Waals surface area contributed by atoms with Crippen LogP contribution in [0.3, 0.4) is 0 Å². The molecule has 1 atom stereocenters. The van der Waals surface area contributed by atoms with Crippen LogP contribution in [0.2, 0.25) is 0 Å². The lowest BCUT2D eigenvalue weighted by Crippen LogP contribution is -2.20. The van der Waals surface area contributed by atoms with Crippen LogP contribution in [0.4, 0.5) is 14.5 Å². The van der Waals surface area contributed by atoms with E-state index in [1.54, 1.807) is 50.2 Å². The monoisotopic (exact) mass is 303 g/mol. The molecule has 0 spiro atoms. The van der Waals surface area contributed by atoms with Gasteiger partial charge in [0.15, 0.2) is 0 Å². The second-order valence-electron chi connectivity index (χ2n) is 5.86. The molecule has 1 saturated carbocycles. The van der Waals surface area contributed by atoms with Crippen molar-refractivity contribution in [2.45, 2.75) is 31.6 Å². The summed E-state index contributed by atoms with van der Waals surface area (Å²) in [6, 6.07) is 11.6. The molecule has 2 aromatic rings. The Morgan fingerprint density at radius 3 is 2.18 bits per heavy atom. The first kappa shape index (κ1) is 14.6. The number of nitro benzene ring substituents is 1. The van der Waals surface area contributed by atoms with Crippen molar-refractivity contribution in [2.75, 3.05) is 0 Å². The first-order valence-corrected chi connectivity index (χ1v) is 6.99. The zero-order valence-corrected chi connectivity index (χ0v) is 12.3. The largest absolute Gasteiger partial charge is 0.272 e. The third-order valence-electron chi connectivity index (χ3n) is 4.45. The van der Waals surface area contributed by atoms with Crippen LogP contribution in [0.5, 0.6) is 0 Å². The number of alkyl halides is 2. The van der Waals surface area contributed by atoms with Crippen LogP contribution in [0.15, 0.2) is 42.5 Å². The highest BCUT2D eigenvalue weighted by Crippen LogP contribution is 2.66. The first-order chi connectivity index (χ1) is 10.3. The summed E-state index contributed by atoms with van der Waals surface area (Å²) in [5.41, 5.74) is 0.566. The summed E-state index contributed by atoms with van der Waals surface area (Å²) < 4.78 is 28.5. The zero-order valence-electron chi connectivity index (χ0n) is 12.3. The maximum Gasteiger partial charge on any atom is 0.272 e. The summed E-state index contributed by atoms with van der Waals surface area (Å²) in [7, 11) is 0. The molecule has 3 rings (SSSR count). The van der Waals surface area contributed by atoms with Gasteiger partial charge < -0.3 is 0 Å². The van der Waals surface area contributed by atoms with Crippen LogP contribution in [-0.4, -0.2) is 10.8 Å². The summed E-state index contributed by atoms with van der Waals surface area (Å²) in [5.74, 6) is -2.83. The molecule has 5 heteroatoms. The van der Waals surface area contributed by atoms with Gasteiger partial charge in [0, 0.05) is 18.1 Å². The maximum atomic E-state index is 14.3. The summed E-state index contributed by atoms with van der Waals surface area (Å²) in [4.78, 5) is 10.5. The van der Waals surface area contributed by atoms with E-state index in [2.05, 4.69) is 0 Å². The molecule has 114 valence electrons. The summed E-state index contributed by atoms with van der Waals surface area (Å²) >= 11 is 0. The predicted octanol–water partition coefficient (Wildman–Crippen LogP) is 4.54. The SMILES string of the molecule is Cc1cc(C2(c3ccccc3)CC2(F)F)c(C)cc1[N+](=O)[O-]. The topological polar surface area (TPSA) is 43.1 Å². The van der Waals surface area contributed by atoms with Gasteiger partial charge in [-0.05, 0) is 36.6 Å². The smallest absolute Gasteiger partial charge is 0.258 e. The Morgan fingerprint density at radius 2 is 1.68 bits per heavy atom. The van der Waals surface area contributed by atoms with Crippen molar-refractivity contribution in [3.8, 4) is 0 Å². The molecule has 0 bridgehead atoms. The summed E-state index contributed by atoms with van der Waals surface area (Å²) in [6.45, 7) is 3.24. The predicted molar refractivity (Wildman–Crippen MR) is 79.4 cm³/mol. The number of nitrogens with zero attached hydrogens (tertiary/aromatic N) is 1. The van der Waals surface area contributed by atoms with E-state index in [9.17, 15) is 18.9 Å². The van der Waals surface area contributed by atoms with E-state index in [-0.39, 0.29) is 12.1 Å². The van der Waals surface area contributed by atoms with Crippen LogP contribution in [0.25, 0.3) is 0 Å². The van der Waals surface area contributed by atoms with E-state index < -0.39 is 16.3 Å². The third kappa shape index (κ3) is 1.92.